The van der Waals surface area contributed by atoms with Crippen molar-refractivity contribution in [2.45, 2.75) is 11.3 Å². The van der Waals surface area contributed by atoms with Gasteiger partial charge in [-0.05, 0) is 18.2 Å². The average molecular weight is 322 g/mol. The van der Waals surface area contributed by atoms with Gasteiger partial charge in [-0.1, -0.05) is 28.4 Å². The summed E-state index contributed by atoms with van der Waals surface area (Å²) < 4.78 is 26.3. The molecule has 0 saturated carbocycles. The molecule has 0 bridgehead atoms. The summed E-state index contributed by atoms with van der Waals surface area (Å²) in [5.74, 6) is 0.428. The number of aromatic amines is 1. The first-order valence-electron chi connectivity index (χ1n) is 5.16. The molecule has 2 rings (SSSR count). The van der Waals surface area contributed by atoms with E-state index >= 15 is 0 Å². The Morgan fingerprint density at radius 1 is 1.26 bits per heavy atom. The smallest absolute Gasteiger partial charge is 0.211 e. The zero-order valence-corrected chi connectivity index (χ0v) is 11.8. The maximum absolute atomic E-state index is 11.9. The number of tetrazole rings is 1. The van der Waals surface area contributed by atoms with Gasteiger partial charge in [0.2, 0.25) is 10.0 Å². The zero-order valence-electron chi connectivity index (χ0n) is 9.47. The Hall–Kier alpha value is -1.22. The van der Waals surface area contributed by atoms with Crippen LogP contribution in [-0.2, 0) is 16.4 Å². The molecule has 1 aromatic carbocycles. The molecule has 2 N–H and O–H groups in total. The van der Waals surface area contributed by atoms with Gasteiger partial charge in [-0.25, -0.2) is 13.1 Å². The van der Waals surface area contributed by atoms with Crippen molar-refractivity contribution in [2.75, 3.05) is 6.54 Å². The van der Waals surface area contributed by atoms with E-state index in [1.807, 2.05) is 0 Å². The number of H-pyrrole nitrogens is 1. The minimum absolute atomic E-state index is 0.0509. The van der Waals surface area contributed by atoms with E-state index in [1.165, 1.54) is 18.2 Å². The number of nitrogens with zero attached hydrogens (tertiary/aromatic N) is 3. The van der Waals surface area contributed by atoms with Crippen molar-refractivity contribution < 1.29 is 8.42 Å². The Bertz CT molecular complexity index is 659. The lowest BCUT2D eigenvalue weighted by Gasteiger charge is -2.06. The van der Waals surface area contributed by atoms with Crippen LogP contribution in [0.2, 0.25) is 10.0 Å². The first-order chi connectivity index (χ1) is 8.99. The van der Waals surface area contributed by atoms with Crippen molar-refractivity contribution in [2.24, 2.45) is 0 Å². The Morgan fingerprint density at radius 3 is 2.68 bits per heavy atom. The molecule has 0 radical (unpaired) electrons. The van der Waals surface area contributed by atoms with Crippen molar-refractivity contribution in [3.63, 3.8) is 0 Å². The molecule has 0 fully saturated rings. The van der Waals surface area contributed by atoms with Crippen LogP contribution in [0.3, 0.4) is 0 Å². The molecule has 0 aliphatic heterocycles. The second kappa shape index (κ2) is 5.83. The fraction of sp³-hybridized carbons (Fsp3) is 0.222. The van der Waals surface area contributed by atoms with Crippen LogP contribution < -0.4 is 4.72 Å². The van der Waals surface area contributed by atoms with E-state index in [1.54, 1.807) is 0 Å². The first kappa shape index (κ1) is 14.2. The fourth-order valence-electron chi connectivity index (χ4n) is 1.31. The summed E-state index contributed by atoms with van der Waals surface area (Å²) in [4.78, 5) is 0.0509. The van der Waals surface area contributed by atoms with E-state index in [0.717, 1.165) is 0 Å². The number of halogens is 2. The van der Waals surface area contributed by atoms with Crippen LogP contribution in [0.5, 0.6) is 0 Å². The molecule has 0 aliphatic rings. The zero-order chi connectivity index (χ0) is 13.9. The molecule has 1 heterocycles. The molecule has 102 valence electrons. The Morgan fingerprint density at radius 2 is 2.05 bits per heavy atom. The van der Waals surface area contributed by atoms with E-state index in [2.05, 4.69) is 25.3 Å². The van der Waals surface area contributed by atoms with Gasteiger partial charge in [0.05, 0.1) is 14.9 Å². The monoisotopic (exact) mass is 321 g/mol. The third-order valence-electron chi connectivity index (χ3n) is 2.23. The normalized spacial score (nSPS) is 11.7. The van der Waals surface area contributed by atoms with Crippen LogP contribution in [0, 0.1) is 0 Å². The minimum atomic E-state index is -3.63. The van der Waals surface area contributed by atoms with Crippen molar-refractivity contribution in [3.8, 4) is 0 Å². The molecular weight excluding hydrogens is 313 g/mol. The predicted molar refractivity (Wildman–Crippen MR) is 69.5 cm³/mol. The molecule has 19 heavy (non-hydrogen) atoms. The highest BCUT2D eigenvalue weighted by Gasteiger charge is 2.15. The lowest BCUT2D eigenvalue weighted by atomic mass is 10.4. The maximum atomic E-state index is 11.9. The summed E-state index contributed by atoms with van der Waals surface area (Å²) in [7, 11) is -3.63. The number of hydrogen-bond acceptors (Lipinski definition) is 5. The molecule has 0 atom stereocenters. The van der Waals surface area contributed by atoms with E-state index in [4.69, 9.17) is 23.2 Å². The van der Waals surface area contributed by atoms with E-state index < -0.39 is 10.0 Å². The molecule has 0 unspecified atom stereocenters. The van der Waals surface area contributed by atoms with Crippen LogP contribution in [0.4, 0.5) is 0 Å². The van der Waals surface area contributed by atoms with Gasteiger partial charge in [-0.15, -0.1) is 10.2 Å². The van der Waals surface area contributed by atoms with Gasteiger partial charge >= 0.3 is 0 Å². The summed E-state index contributed by atoms with van der Waals surface area (Å²) in [6.07, 6.45) is 0.330. The van der Waals surface area contributed by atoms with Crippen LogP contribution in [-0.4, -0.2) is 35.6 Å². The van der Waals surface area contributed by atoms with Gasteiger partial charge in [-0.2, -0.15) is 5.21 Å². The summed E-state index contributed by atoms with van der Waals surface area (Å²) in [6.45, 7) is 0.155. The van der Waals surface area contributed by atoms with Crippen LogP contribution in [0.15, 0.2) is 23.1 Å². The molecule has 0 saturated heterocycles. The number of aromatic nitrogens is 4. The second-order valence-corrected chi connectivity index (χ2v) is 6.13. The van der Waals surface area contributed by atoms with Crippen molar-refractivity contribution >= 4 is 33.2 Å². The molecule has 1 aromatic heterocycles. The number of hydrogen-bond donors (Lipinski definition) is 2. The van der Waals surface area contributed by atoms with Crippen molar-refractivity contribution in [1.82, 2.24) is 25.3 Å². The SMILES string of the molecule is O=S(=O)(NCCc1nn[nH]n1)c1ccc(Cl)c(Cl)c1. The van der Waals surface area contributed by atoms with Gasteiger partial charge in [0.15, 0.2) is 5.82 Å². The first-order valence-corrected chi connectivity index (χ1v) is 7.40. The van der Waals surface area contributed by atoms with Gasteiger partial charge in [-0.3, -0.25) is 0 Å². The van der Waals surface area contributed by atoms with Crippen LogP contribution in [0.25, 0.3) is 0 Å². The Kier molecular flexibility index (Phi) is 4.35. The lowest BCUT2D eigenvalue weighted by Crippen LogP contribution is -2.26. The number of rotatable bonds is 5. The van der Waals surface area contributed by atoms with Gasteiger partial charge in [0, 0.05) is 13.0 Å². The minimum Gasteiger partial charge on any atom is -0.211 e. The molecular formula is C9H9Cl2N5O2S. The number of sulfonamides is 1. The highest BCUT2D eigenvalue weighted by Crippen LogP contribution is 2.24. The summed E-state index contributed by atoms with van der Waals surface area (Å²) >= 11 is 11.5. The summed E-state index contributed by atoms with van der Waals surface area (Å²) in [6, 6.07) is 4.10. The quantitative estimate of drug-likeness (QED) is 0.856. The van der Waals surface area contributed by atoms with Crippen LogP contribution in [0.1, 0.15) is 5.82 Å². The Labute approximate surface area is 119 Å². The van der Waals surface area contributed by atoms with E-state index in [0.29, 0.717) is 17.3 Å². The number of benzene rings is 1. The molecule has 0 amide bonds. The summed E-state index contributed by atoms with van der Waals surface area (Å²) in [5, 5.41) is 13.6. The molecule has 0 spiro atoms. The highest BCUT2D eigenvalue weighted by atomic mass is 35.5. The average Bonchev–Trinajstić information content (AvgIpc) is 2.85. The van der Waals surface area contributed by atoms with Gasteiger partial charge in [0.25, 0.3) is 0 Å². The molecule has 10 heteroatoms. The van der Waals surface area contributed by atoms with Crippen molar-refractivity contribution in [1.29, 1.82) is 0 Å². The standard InChI is InChI=1S/C9H9Cl2N5O2S/c10-7-2-1-6(5-8(7)11)19(17,18)12-4-3-9-13-15-16-14-9/h1-2,5,12H,3-4H2,(H,13,14,15,16). The summed E-state index contributed by atoms with van der Waals surface area (Å²) in [5.41, 5.74) is 0. The number of nitrogens with one attached hydrogen (secondary N) is 2. The van der Waals surface area contributed by atoms with Crippen molar-refractivity contribution in [3.05, 3.63) is 34.1 Å². The Balaban J connectivity index is 2.03. The largest absolute Gasteiger partial charge is 0.240 e. The fourth-order valence-corrected chi connectivity index (χ4v) is 2.73. The second-order valence-electron chi connectivity index (χ2n) is 3.55. The molecule has 0 aliphatic carbocycles. The van der Waals surface area contributed by atoms with Crippen LogP contribution >= 0.6 is 23.2 Å². The van der Waals surface area contributed by atoms with Gasteiger partial charge < -0.3 is 0 Å². The molecule has 7 nitrogen and oxygen atoms in total. The predicted octanol–water partition coefficient (Wildman–Crippen LogP) is 1.03. The lowest BCUT2D eigenvalue weighted by molar-refractivity contribution is 0.581. The third-order valence-corrected chi connectivity index (χ3v) is 4.43. The van der Waals surface area contributed by atoms with Gasteiger partial charge in [0.1, 0.15) is 0 Å². The van der Waals surface area contributed by atoms with E-state index in [-0.39, 0.29) is 16.5 Å². The topological polar surface area (TPSA) is 101 Å². The molecule has 2 aromatic rings. The third kappa shape index (κ3) is 3.63. The van der Waals surface area contributed by atoms with E-state index in [9.17, 15) is 8.42 Å². The highest BCUT2D eigenvalue weighted by molar-refractivity contribution is 7.89. The maximum Gasteiger partial charge on any atom is 0.240 e.